The van der Waals surface area contributed by atoms with E-state index in [0.29, 0.717) is 45.2 Å². The fourth-order valence-corrected chi connectivity index (χ4v) is 7.19. The number of rotatable bonds is 6. The molecule has 3 aliphatic rings. The smallest absolute Gasteiger partial charge is 0.329 e. The third-order valence-corrected chi connectivity index (χ3v) is 10.4. The maximum Gasteiger partial charge on any atom is 0.329 e. The molecule has 3 fully saturated rings. The number of hydrogen-bond donors (Lipinski definition) is 3. The van der Waals surface area contributed by atoms with E-state index < -0.39 is 83.8 Å². The Kier molecular flexibility index (Phi) is 13.2. The number of carbonyl (C=O) groups excluding carboxylic acids is 7. The zero-order valence-electron chi connectivity index (χ0n) is 30.8. The number of carbonyl (C=O) groups is 7. The summed E-state index contributed by atoms with van der Waals surface area (Å²) in [5.74, 6) is -4.71. The molecule has 4 rings (SSSR count). The first-order valence-corrected chi connectivity index (χ1v) is 18.2. The second-order valence-corrected chi connectivity index (χ2v) is 14.5. The number of amides is 6. The van der Waals surface area contributed by atoms with Gasteiger partial charge in [0.15, 0.2) is 0 Å². The third kappa shape index (κ3) is 9.06. The Balaban J connectivity index is 1.80. The molecule has 0 aliphatic carbocycles. The van der Waals surface area contributed by atoms with Crippen LogP contribution in [0.15, 0.2) is 30.3 Å². The van der Waals surface area contributed by atoms with Gasteiger partial charge in [-0.3, -0.25) is 28.8 Å². The topological polar surface area (TPSA) is 175 Å². The summed E-state index contributed by atoms with van der Waals surface area (Å²) < 4.78 is 5.76. The molecule has 3 aliphatic heterocycles. The minimum atomic E-state index is -1.37. The van der Waals surface area contributed by atoms with E-state index in [9.17, 15) is 33.6 Å². The van der Waals surface area contributed by atoms with Crippen LogP contribution in [0.5, 0.6) is 0 Å². The lowest BCUT2D eigenvalue weighted by Gasteiger charge is -2.36. The first kappa shape index (κ1) is 39.3. The van der Waals surface area contributed by atoms with Gasteiger partial charge < -0.3 is 35.4 Å². The van der Waals surface area contributed by atoms with Gasteiger partial charge in [0.05, 0.1) is 0 Å². The molecule has 3 saturated heterocycles. The molecule has 3 N–H and O–H groups in total. The Morgan fingerprint density at radius 3 is 2.00 bits per heavy atom. The number of fused-ring (bicyclic) bond motifs is 2. The van der Waals surface area contributed by atoms with Crippen LogP contribution in [-0.4, -0.2) is 119 Å². The monoisotopic (exact) mass is 710 g/mol. The molecular formula is C37H54N6O8. The van der Waals surface area contributed by atoms with Crippen molar-refractivity contribution in [2.24, 2.45) is 11.8 Å². The van der Waals surface area contributed by atoms with Crippen LogP contribution < -0.4 is 16.0 Å². The summed E-state index contributed by atoms with van der Waals surface area (Å²) in [6.45, 7) is 10.4. The number of hydrogen-bond acceptors (Lipinski definition) is 8. The molecule has 51 heavy (non-hydrogen) atoms. The Bertz CT molecular complexity index is 1470. The van der Waals surface area contributed by atoms with E-state index >= 15 is 0 Å². The zero-order chi connectivity index (χ0) is 37.6. The summed E-state index contributed by atoms with van der Waals surface area (Å²) in [6, 6.07) is 2.87. The lowest BCUT2D eigenvalue weighted by Crippen LogP contribution is -2.61. The summed E-state index contributed by atoms with van der Waals surface area (Å²) in [7, 11) is 1.53. The van der Waals surface area contributed by atoms with Gasteiger partial charge in [0.25, 0.3) is 0 Å². The van der Waals surface area contributed by atoms with Crippen molar-refractivity contribution in [3.05, 3.63) is 35.9 Å². The van der Waals surface area contributed by atoms with Gasteiger partial charge in [0.1, 0.15) is 42.4 Å². The Morgan fingerprint density at radius 1 is 0.863 bits per heavy atom. The van der Waals surface area contributed by atoms with Gasteiger partial charge in [-0.1, -0.05) is 64.4 Å². The molecule has 0 radical (unpaired) electrons. The Morgan fingerprint density at radius 2 is 1.43 bits per heavy atom. The van der Waals surface area contributed by atoms with Gasteiger partial charge in [-0.05, 0) is 50.0 Å². The molecule has 8 atom stereocenters. The van der Waals surface area contributed by atoms with Crippen molar-refractivity contribution in [2.45, 2.75) is 122 Å². The van der Waals surface area contributed by atoms with Gasteiger partial charge in [0.2, 0.25) is 35.4 Å². The van der Waals surface area contributed by atoms with Crippen LogP contribution in [0.4, 0.5) is 0 Å². The van der Waals surface area contributed by atoms with Crippen molar-refractivity contribution in [1.82, 2.24) is 30.7 Å². The van der Waals surface area contributed by atoms with Crippen LogP contribution in [0.1, 0.15) is 79.2 Å². The summed E-state index contributed by atoms with van der Waals surface area (Å²) in [4.78, 5) is 101. The maximum absolute atomic E-state index is 14.3. The Hall–Kier alpha value is -4.49. The van der Waals surface area contributed by atoms with Crippen LogP contribution in [0.2, 0.25) is 0 Å². The number of cyclic esters (lactones) is 1. The van der Waals surface area contributed by atoms with E-state index in [1.54, 1.807) is 13.8 Å². The zero-order valence-corrected chi connectivity index (χ0v) is 30.8. The lowest BCUT2D eigenvalue weighted by atomic mass is 9.96. The number of benzene rings is 1. The predicted molar refractivity (Wildman–Crippen MR) is 187 cm³/mol. The normalized spacial score (nSPS) is 29.3. The first-order chi connectivity index (χ1) is 24.2. The van der Waals surface area contributed by atoms with Crippen molar-refractivity contribution in [2.75, 3.05) is 20.1 Å². The number of nitrogens with zero attached hydrogens (tertiary/aromatic N) is 3. The standard InChI is InChI=1S/C37H54N6O8/c1-8-22(4)30-36(49)43-19-13-17-27(43)35(48)42-18-12-16-26(42)34(47)41(7)28(20-25-14-10-9-11-15-25)32(45)39-29(21(2)3)37(50)51-23(5)31(33(46)40-30)38-24(6)44/h9-11,14-15,21-23,26-31H,8,12-13,16-20H2,1-7H3,(H,38,44)(H,39,45)(H,40,46)/t22-,23-,26+,27+,28+,29+,30-,31+/m1/s1. The molecule has 0 bridgehead atoms. The van der Waals surface area contributed by atoms with Gasteiger partial charge in [-0.15, -0.1) is 0 Å². The van der Waals surface area contributed by atoms with Crippen LogP contribution in [-0.2, 0) is 44.7 Å². The van der Waals surface area contributed by atoms with E-state index in [1.165, 1.54) is 35.6 Å². The van der Waals surface area contributed by atoms with Crippen molar-refractivity contribution in [3.8, 4) is 0 Å². The molecule has 0 unspecified atom stereocenters. The summed E-state index contributed by atoms with van der Waals surface area (Å²) in [5.41, 5.74) is 0.785. The van der Waals surface area contributed by atoms with Crippen LogP contribution in [0.25, 0.3) is 0 Å². The number of ether oxygens (including phenoxy) is 1. The maximum atomic E-state index is 14.3. The van der Waals surface area contributed by atoms with Gasteiger partial charge >= 0.3 is 5.97 Å². The average Bonchev–Trinajstić information content (AvgIpc) is 3.80. The van der Waals surface area contributed by atoms with Crippen LogP contribution in [0, 0.1) is 11.8 Å². The van der Waals surface area contributed by atoms with Crippen molar-refractivity contribution in [1.29, 1.82) is 0 Å². The van der Waals surface area contributed by atoms with E-state index in [4.69, 9.17) is 4.74 Å². The highest BCUT2D eigenvalue weighted by Gasteiger charge is 2.46. The average molecular weight is 711 g/mol. The van der Waals surface area contributed by atoms with Gasteiger partial charge in [0, 0.05) is 33.5 Å². The van der Waals surface area contributed by atoms with Crippen molar-refractivity contribution < 1.29 is 38.3 Å². The molecule has 0 aromatic heterocycles. The van der Waals surface area contributed by atoms with Crippen LogP contribution >= 0.6 is 0 Å². The summed E-state index contributed by atoms with van der Waals surface area (Å²) >= 11 is 0. The lowest BCUT2D eigenvalue weighted by molar-refractivity contribution is -0.157. The predicted octanol–water partition coefficient (Wildman–Crippen LogP) is 1.16. The molecule has 14 heteroatoms. The molecule has 14 nitrogen and oxygen atoms in total. The summed E-state index contributed by atoms with van der Waals surface area (Å²) in [6.07, 6.45) is 1.38. The highest BCUT2D eigenvalue weighted by molar-refractivity contribution is 5.98. The van der Waals surface area contributed by atoms with E-state index in [0.717, 1.165) is 5.56 Å². The number of esters is 1. The van der Waals surface area contributed by atoms with Crippen molar-refractivity contribution in [3.63, 3.8) is 0 Å². The molecule has 1 aromatic carbocycles. The number of likely N-dealkylation sites (N-methyl/N-ethyl adjacent to an activating group) is 1. The minimum Gasteiger partial charge on any atom is -0.458 e. The SMILES string of the molecule is CC[C@@H](C)[C@H]1NC(=O)[C@@H](NC(C)=O)[C@@H](C)OC(=O)[C@H](C(C)C)NC(=O)[C@H](Cc2ccccc2)N(C)C(=O)[C@@H]2CCCN2C(=O)[C@@H]2CCCN2C1=O. The second kappa shape index (κ2) is 17.1. The second-order valence-electron chi connectivity index (χ2n) is 14.5. The summed E-state index contributed by atoms with van der Waals surface area (Å²) in [5, 5.41) is 8.15. The molecule has 6 amide bonds. The Labute approximate surface area is 300 Å². The van der Waals surface area contributed by atoms with E-state index in [1.807, 2.05) is 44.2 Å². The number of nitrogens with one attached hydrogen (secondary N) is 3. The van der Waals surface area contributed by atoms with Gasteiger partial charge in [-0.2, -0.15) is 0 Å². The van der Waals surface area contributed by atoms with E-state index in [2.05, 4.69) is 16.0 Å². The molecule has 0 saturated carbocycles. The van der Waals surface area contributed by atoms with E-state index in [-0.39, 0.29) is 18.2 Å². The highest BCUT2D eigenvalue weighted by Crippen LogP contribution is 2.28. The fourth-order valence-electron chi connectivity index (χ4n) is 7.19. The fraction of sp³-hybridized carbons (Fsp3) is 0.649. The van der Waals surface area contributed by atoms with Gasteiger partial charge in [-0.25, -0.2) is 4.79 Å². The quantitative estimate of drug-likeness (QED) is 0.369. The highest BCUT2D eigenvalue weighted by atomic mass is 16.5. The molecule has 280 valence electrons. The van der Waals surface area contributed by atoms with Crippen LogP contribution in [0.3, 0.4) is 0 Å². The molecule has 3 heterocycles. The van der Waals surface area contributed by atoms with Crippen molar-refractivity contribution >= 4 is 41.4 Å². The largest absolute Gasteiger partial charge is 0.458 e. The molecule has 0 spiro atoms. The minimum absolute atomic E-state index is 0.137. The third-order valence-electron chi connectivity index (χ3n) is 10.4. The molecular weight excluding hydrogens is 656 g/mol. The molecule has 1 aromatic rings. The first-order valence-electron chi connectivity index (χ1n) is 18.2.